The lowest BCUT2D eigenvalue weighted by atomic mass is 9.78. The molecule has 0 unspecified atom stereocenters. The van der Waals surface area contributed by atoms with Crippen LogP contribution in [0.4, 0.5) is 5.13 Å². The molecule has 8 heteroatoms. The maximum Gasteiger partial charge on any atom is 0.265 e. The highest BCUT2D eigenvalue weighted by Gasteiger charge is 2.49. The average Bonchev–Trinajstić information content (AvgIpc) is 3.20. The number of aryl methyl sites for hydroxylation is 1. The van der Waals surface area contributed by atoms with Gasteiger partial charge in [-0.05, 0) is 25.7 Å². The number of rotatable bonds is 5. The van der Waals surface area contributed by atoms with Crippen molar-refractivity contribution in [3.63, 3.8) is 0 Å². The predicted octanol–water partition coefficient (Wildman–Crippen LogP) is 1.39. The molecule has 0 aromatic carbocycles. The summed E-state index contributed by atoms with van der Waals surface area (Å²) < 4.78 is 5.11. The Balaban J connectivity index is 1.73. The van der Waals surface area contributed by atoms with E-state index in [1.165, 1.54) is 11.3 Å². The Bertz CT molecular complexity index is 662. The lowest BCUT2D eigenvalue weighted by molar-refractivity contribution is -0.146. The van der Waals surface area contributed by atoms with Crippen LogP contribution < -0.4 is 5.73 Å². The van der Waals surface area contributed by atoms with Gasteiger partial charge in [0.05, 0.1) is 17.7 Å². The van der Waals surface area contributed by atoms with E-state index >= 15 is 0 Å². The SMILES string of the molecule is CCc1nc(N)sc1C(=O)N1CC[C@]2(CCCN(CCOC)C2=O)C1. The fraction of sp³-hybridized carbons (Fsp3) is 0.706. The van der Waals surface area contributed by atoms with Gasteiger partial charge in [0, 0.05) is 33.3 Å². The molecule has 138 valence electrons. The van der Waals surface area contributed by atoms with E-state index < -0.39 is 5.41 Å². The molecule has 2 fully saturated rings. The Morgan fingerprint density at radius 1 is 1.40 bits per heavy atom. The summed E-state index contributed by atoms with van der Waals surface area (Å²) in [6.45, 7) is 5.03. The Labute approximate surface area is 152 Å². The minimum atomic E-state index is -0.426. The largest absolute Gasteiger partial charge is 0.383 e. The van der Waals surface area contributed by atoms with E-state index in [0.29, 0.717) is 42.7 Å². The number of likely N-dealkylation sites (tertiary alicyclic amines) is 2. The molecule has 1 aromatic rings. The van der Waals surface area contributed by atoms with E-state index in [-0.39, 0.29) is 11.8 Å². The summed E-state index contributed by atoms with van der Waals surface area (Å²) in [6.07, 6.45) is 3.24. The third kappa shape index (κ3) is 3.37. The molecule has 0 radical (unpaired) electrons. The van der Waals surface area contributed by atoms with E-state index in [0.717, 1.165) is 31.5 Å². The number of hydrogen-bond donors (Lipinski definition) is 1. The molecule has 3 rings (SSSR count). The van der Waals surface area contributed by atoms with Crippen molar-refractivity contribution in [2.24, 2.45) is 5.41 Å². The second kappa shape index (κ2) is 7.29. The lowest BCUT2D eigenvalue weighted by Gasteiger charge is -2.39. The summed E-state index contributed by atoms with van der Waals surface area (Å²) in [7, 11) is 1.65. The summed E-state index contributed by atoms with van der Waals surface area (Å²) in [5, 5.41) is 0.425. The molecule has 1 atom stereocenters. The number of piperidine rings is 1. The van der Waals surface area contributed by atoms with Gasteiger partial charge in [-0.1, -0.05) is 18.3 Å². The topological polar surface area (TPSA) is 88.8 Å². The first-order chi connectivity index (χ1) is 12.0. The van der Waals surface area contributed by atoms with Crippen LogP contribution in [0.2, 0.25) is 0 Å². The zero-order valence-corrected chi connectivity index (χ0v) is 15.7. The molecule has 2 N–H and O–H groups in total. The number of aromatic nitrogens is 1. The normalized spacial score (nSPS) is 23.7. The quantitative estimate of drug-likeness (QED) is 0.851. The van der Waals surface area contributed by atoms with Crippen molar-refractivity contribution in [3.05, 3.63) is 10.6 Å². The number of amides is 2. The minimum Gasteiger partial charge on any atom is -0.383 e. The first-order valence-electron chi connectivity index (χ1n) is 8.83. The summed E-state index contributed by atoms with van der Waals surface area (Å²) >= 11 is 1.25. The number of anilines is 1. The Hall–Kier alpha value is -1.67. The molecule has 7 nitrogen and oxygen atoms in total. The molecule has 1 spiro atoms. The van der Waals surface area contributed by atoms with Crippen molar-refractivity contribution in [1.29, 1.82) is 0 Å². The van der Waals surface area contributed by atoms with E-state index in [4.69, 9.17) is 10.5 Å². The highest BCUT2D eigenvalue weighted by molar-refractivity contribution is 7.17. The second-order valence-corrected chi connectivity index (χ2v) is 7.86. The molecule has 0 aliphatic carbocycles. The maximum absolute atomic E-state index is 13.0. The molecule has 2 amide bonds. The zero-order valence-electron chi connectivity index (χ0n) is 14.9. The van der Waals surface area contributed by atoms with Gasteiger partial charge in [-0.15, -0.1) is 0 Å². The number of carbonyl (C=O) groups excluding carboxylic acids is 2. The standard InChI is InChI=1S/C17H26N4O3S/c1-3-12-13(25-16(18)19-12)14(22)21-8-6-17(11-21)5-4-7-20(15(17)23)9-10-24-2/h3-11H2,1-2H3,(H2,18,19)/t17-/m1/s1. The van der Waals surface area contributed by atoms with Gasteiger partial charge in [0.1, 0.15) is 4.88 Å². The van der Waals surface area contributed by atoms with Crippen LogP contribution in [0, 0.1) is 5.41 Å². The molecule has 0 bridgehead atoms. The fourth-order valence-electron chi connectivity index (χ4n) is 3.91. The van der Waals surface area contributed by atoms with Crippen LogP contribution in [-0.2, 0) is 16.0 Å². The lowest BCUT2D eigenvalue weighted by Crippen LogP contribution is -2.51. The summed E-state index contributed by atoms with van der Waals surface area (Å²) in [6, 6.07) is 0. The van der Waals surface area contributed by atoms with Gasteiger partial charge in [0.15, 0.2) is 5.13 Å². The van der Waals surface area contributed by atoms with Crippen molar-refractivity contribution < 1.29 is 14.3 Å². The number of ether oxygens (including phenoxy) is 1. The molecule has 2 aliphatic rings. The number of hydrogen-bond acceptors (Lipinski definition) is 6. The van der Waals surface area contributed by atoms with Gasteiger partial charge in [-0.2, -0.15) is 0 Å². The number of nitrogen functional groups attached to an aromatic ring is 1. The zero-order chi connectivity index (χ0) is 18.0. The average molecular weight is 366 g/mol. The number of methoxy groups -OCH3 is 1. The van der Waals surface area contributed by atoms with Crippen molar-refractivity contribution >= 4 is 28.3 Å². The Kier molecular flexibility index (Phi) is 5.29. The van der Waals surface area contributed by atoms with Crippen LogP contribution in [-0.4, -0.2) is 66.5 Å². The van der Waals surface area contributed by atoms with Crippen LogP contribution in [0.3, 0.4) is 0 Å². The van der Waals surface area contributed by atoms with Crippen LogP contribution in [0.15, 0.2) is 0 Å². The number of nitrogens with zero attached hydrogens (tertiary/aromatic N) is 3. The summed E-state index contributed by atoms with van der Waals surface area (Å²) in [5.74, 6) is 0.135. The van der Waals surface area contributed by atoms with Crippen molar-refractivity contribution in [3.8, 4) is 0 Å². The molecule has 0 saturated carbocycles. The van der Waals surface area contributed by atoms with E-state index in [1.807, 2.05) is 16.7 Å². The number of thiazole rings is 1. The smallest absolute Gasteiger partial charge is 0.265 e. The van der Waals surface area contributed by atoms with Crippen LogP contribution >= 0.6 is 11.3 Å². The molecule has 3 heterocycles. The third-order valence-electron chi connectivity index (χ3n) is 5.27. The van der Waals surface area contributed by atoms with Crippen molar-refractivity contribution in [2.75, 3.05) is 45.6 Å². The Morgan fingerprint density at radius 2 is 2.20 bits per heavy atom. The second-order valence-electron chi connectivity index (χ2n) is 6.83. The predicted molar refractivity (Wildman–Crippen MR) is 96.5 cm³/mol. The first kappa shape index (κ1) is 18.1. The van der Waals surface area contributed by atoms with Gasteiger partial charge < -0.3 is 20.3 Å². The van der Waals surface area contributed by atoms with E-state index in [2.05, 4.69) is 4.98 Å². The molecule has 1 aromatic heterocycles. The fourth-order valence-corrected chi connectivity index (χ4v) is 4.80. The van der Waals surface area contributed by atoms with Gasteiger partial charge in [-0.3, -0.25) is 9.59 Å². The molecule has 2 saturated heterocycles. The Morgan fingerprint density at radius 3 is 2.92 bits per heavy atom. The highest BCUT2D eigenvalue weighted by atomic mass is 32.1. The highest BCUT2D eigenvalue weighted by Crippen LogP contribution is 2.41. The number of nitrogens with two attached hydrogens (primary N) is 1. The van der Waals surface area contributed by atoms with Gasteiger partial charge in [0.25, 0.3) is 5.91 Å². The van der Waals surface area contributed by atoms with Gasteiger partial charge >= 0.3 is 0 Å². The summed E-state index contributed by atoms with van der Waals surface area (Å²) in [5.41, 5.74) is 6.11. The number of carbonyl (C=O) groups is 2. The summed E-state index contributed by atoms with van der Waals surface area (Å²) in [4.78, 5) is 34.5. The third-order valence-corrected chi connectivity index (χ3v) is 6.19. The molecular formula is C17H26N4O3S. The van der Waals surface area contributed by atoms with Gasteiger partial charge in [0.2, 0.25) is 5.91 Å². The molecule has 2 aliphatic heterocycles. The molecular weight excluding hydrogens is 340 g/mol. The van der Waals surface area contributed by atoms with Crippen molar-refractivity contribution in [1.82, 2.24) is 14.8 Å². The van der Waals surface area contributed by atoms with Crippen LogP contribution in [0.1, 0.15) is 41.6 Å². The minimum absolute atomic E-state index is 0.0373. The van der Waals surface area contributed by atoms with E-state index in [1.54, 1.807) is 7.11 Å². The maximum atomic E-state index is 13.0. The van der Waals surface area contributed by atoms with Crippen LogP contribution in [0.5, 0.6) is 0 Å². The monoisotopic (exact) mass is 366 g/mol. The first-order valence-corrected chi connectivity index (χ1v) is 9.65. The molecule has 25 heavy (non-hydrogen) atoms. The van der Waals surface area contributed by atoms with Crippen molar-refractivity contribution in [2.45, 2.75) is 32.6 Å². The van der Waals surface area contributed by atoms with E-state index in [9.17, 15) is 9.59 Å². The van der Waals surface area contributed by atoms with Crippen LogP contribution in [0.25, 0.3) is 0 Å². The van der Waals surface area contributed by atoms with Gasteiger partial charge in [-0.25, -0.2) is 4.98 Å².